The summed E-state index contributed by atoms with van der Waals surface area (Å²) in [6.45, 7) is 6.87. The van der Waals surface area contributed by atoms with Gasteiger partial charge in [-0.1, -0.05) is 42.0 Å². The number of rotatable bonds is 7. The Kier molecular flexibility index (Phi) is 7.37. The van der Waals surface area contributed by atoms with Crippen LogP contribution in [0.5, 0.6) is 5.75 Å². The van der Waals surface area contributed by atoms with Crippen molar-refractivity contribution in [2.45, 2.75) is 13.0 Å². The topological polar surface area (TPSA) is 57.7 Å². The number of hydrogen-bond acceptors (Lipinski definition) is 5. The Morgan fingerprint density at radius 3 is 2.48 bits per heavy atom. The zero-order chi connectivity index (χ0) is 23.2. The van der Waals surface area contributed by atoms with E-state index in [2.05, 4.69) is 46.2 Å². The number of nitrogens with one attached hydrogen (secondary N) is 1. The fourth-order valence-corrected chi connectivity index (χ4v) is 4.15. The van der Waals surface area contributed by atoms with Crippen molar-refractivity contribution in [3.63, 3.8) is 0 Å². The molecule has 0 saturated carbocycles. The Morgan fingerprint density at radius 2 is 1.79 bits per heavy atom. The lowest BCUT2D eigenvalue weighted by molar-refractivity contribution is 0.0907. The van der Waals surface area contributed by atoms with Crippen molar-refractivity contribution in [3.8, 4) is 16.9 Å². The molecular formula is C27H32N4O2. The third kappa shape index (κ3) is 5.97. The molecule has 0 bridgehead atoms. The molecule has 1 fully saturated rings. The monoisotopic (exact) mass is 444 g/mol. The third-order valence-corrected chi connectivity index (χ3v) is 6.21. The summed E-state index contributed by atoms with van der Waals surface area (Å²) in [6.07, 6.45) is 3.44. The molecule has 4 rings (SSSR count). The SMILES string of the molecule is COc1ccc(C(CN2CCN(C)CC2)NC(=O)c2cncc(-c3cccc(C)c3)c2)cc1. The Balaban J connectivity index is 1.54. The number of hydrogen-bond donors (Lipinski definition) is 1. The number of piperazine rings is 1. The molecule has 1 amide bonds. The Labute approximate surface area is 196 Å². The van der Waals surface area contributed by atoms with Gasteiger partial charge in [-0.15, -0.1) is 0 Å². The lowest BCUT2D eigenvalue weighted by Crippen LogP contribution is -2.47. The first kappa shape index (κ1) is 23.0. The van der Waals surface area contributed by atoms with Crippen LogP contribution in [0.25, 0.3) is 11.1 Å². The van der Waals surface area contributed by atoms with Crippen LogP contribution in [0.1, 0.15) is 27.5 Å². The van der Waals surface area contributed by atoms with E-state index in [1.54, 1.807) is 19.5 Å². The standard InChI is InChI=1S/C27H32N4O2/c1-20-5-4-6-22(15-20)23-16-24(18-28-17-23)27(32)29-26(19-31-13-11-30(2)12-14-31)21-7-9-25(33-3)10-8-21/h4-10,15-18,26H,11-14,19H2,1-3H3,(H,29,32). The van der Waals surface area contributed by atoms with Gasteiger partial charge in [0.05, 0.1) is 18.7 Å². The molecule has 33 heavy (non-hydrogen) atoms. The van der Waals surface area contributed by atoms with Crippen molar-refractivity contribution in [2.75, 3.05) is 46.9 Å². The van der Waals surface area contributed by atoms with E-state index in [0.29, 0.717) is 5.56 Å². The van der Waals surface area contributed by atoms with Gasteiger partial charge in [0.25, 0.3) is 5.91 Å². The van der Waals surface area contributed by atoms with Gasteiger partial charge >= 0.3 is 0 Å². The maximum absolute atomic E-state index is 13.3. The molecular weight excluding hydrogens is 412 g/mol. The molecule has 1 N–H and O–H groups in total. The molecule has 2 heterocycles. The smallest absolute Gasteiger partial charge is 0.253 e. The van der Waals surface area contributed by atoms with Gasteiger partial charge in [-0.2, -0.15) is 0 Å². The zero-order valence-electron chi connectivity index (χ0n) is 19.6. The minimum atomic E-state index is -0.130. The first-order valence-electron chi connectivity index (χ1n) is 11.4. The van der Waals surface area contributed by atoms with Crippen molar-refractivity contribution in [1.29, 1.82) is 0 Å². The van der Waals surface area contributed by atoms with Gasteiger partial charge < -0.3 is 15.0 Å². The summed E-state index contributed by atoms with van der Waals surface area (Å²) < 4.78 is 5.31. The minimum Gasteiger partial charge on any atom is -0.497 e. The van der Waals surface area contributed by atoms with Gasteiger partial charge in [-0.25, -0.2) is 0 Å². The van der Waals surface area contributed by atoms with Crippen LogP contribution >= 0.6 is 0 Å². The number of ether oxygens (including phenoxy) is 1. The van der Waals surface area contributed by atoms with Crippen LogP contribution in [0, 0.1) is 6.92 Å². The molecule has 1 atom stereocenters. The van der Waals surface area contributed by atoms with Crippen LogP contribution in [-0.4, -0.2) is 67.6 Å². The van der Waals surface area contributed by atoms with Crippen LogP contribution < -0.4 is 10.1 Å². The first-order chi connectivity index (χ1) is 16.0. The molecule has 2 aromatic carbocycles. The number of amides is 1. The summed E-state index contributed by atoms with van der Waals surface area (Å²) in [5, 5.41) is 3.26. The van der Waals surface area contributed by atoms with Gasteiger partial charge in [-0.3, -0.25) is 14.7 Å². The van der Waals surface area contributed by atoms with E-state index in [1.807, 2.05) is 42.5 Å². The number of aryl methyl sites for hydroxylation is 1. The number of carbonyl (C=O) groups excluding carboxylic acids is 1. The maximum atomic E-state index is 13.3. The van der Waals surface area contributed by atoms with Gasteiger partial charge in [-0.05, 0) is 43.3 Å². The molecule has 1 saturated heterocycles. The van der Waals surface area contributed by atoms with E-state index in [4.69, 9.17) is 4.74 Å². The maximum Gasteiger partial charge on any atom is 0.253 e. The molecule has 3 aromatic rings. The van der Waals surface area contributed by atoms with Crippen molar-refractivity contribution < 1.29 is 9.53 Å². The highest BCUT2D eigenvalue weighted by Crippen LogP contribution is 2.23. The van der Waals surface area contributed by atoms with Crippen molar-refractivity contribution >= 4 is 5.91 Å². The molecule has 1 aliphatic rings. The van der Waals surface area contributed by atoms with Gasteiger partial charge in [0.15, 0.2) is 0 Å². The minimum absolute atomic E-state index is 0.119. The van der Waals surface area contributed by atoms with Crippen LogP contribution in [0.3, 0.4) is 0 Å². The highest BCUT2D eigenvalue weighted by atomic mass is 16.5. The number of methoxy groups -OCH3 is 1. The number of benzene rings is 2. The van der Waals surface area contributed by atoms with E-state index < -0.39 is 0 Å². The van der Waals surface area contributed by atoms with E-state index in [0.717, 1.165) is 55.2 Å². The quantitative estimate of drug-likeness (QED) is 0.601. The van der Waals surface area contributed by atoms with Crippen LogP contribution in [-0.2, 0) is 0 Å². The first-order valence-corrected chi connectivity index (χ1v) is 11.4. The summed E-state index contributed by atoms with van der Waals surface area (Å²) >= 11 is 0. The van der Waals surface area contributed by atoms with Crippen molar-refractivity contribution in [1.82, 2.24) is 20.1 Å². The number of aromatic nitrogens is 1. The lowest BCUT2D eigenvalue weighted by atomic mass is 10.0. The summed E-state index contributed by atoms with van der Waals surface area (Å²) in [4.78, 5) is 22.4. The van der Waals surface area contributed by atoms with Gasteiger partial charge in [0.2, 0.25) is 0 Å². The van der Waals surface area contributed by atoms with E-state index >= 15 is 0 Å². The average molecular weight is 445 g/mol. The molecule has 1 aromatic heterocycles. The van der Waals surface area contributed by atoms with E-state index in [-0.39, 0.29) is 11.9 Å². The summed E-state index contributed by atoms with van der Waals surface area (Å²) in [5.74, 6) is 0.686. The number of likely N-dealkylation sites (N-methyl/N-ethyl adjacent to an activating group) is 1. The second-order valence-corrected chi connectivity index (χ2v) is 8.73. The highest BCUT2D eigenvalue weighted by molar-refractivity contribution is 5.95. The lowest BCUT2D eigenvalue weighted by Gasteiger charge is -2.35. The van der Waals surface area contributed by atoms with E-state index in [9.17, 15) is 4.79 Å². The number of pyridine rings is 1. The predicted octanol–water partition coefficient (Wildman–Crippen LogP) is 3.78. The Bertz CT molecular complexity index is 1080. The predicted molar refractivity (Wildman–Crippen MR) is 132 cm³/mol. The van der Waals surface area contributed by atoms with Crippen LogP contribution in [0.2, 0.25) is 0 Å². The fraction of sp³-hybridized carbons (Fsp3) is 0.333. The van der Waals surface area contributed by atoms with Crippen LogP contribution in [0.4, 0.5) is 0 Å². The summed E-state index contributed by atoms with van der Waals surface area (Å²) in [6, 6.07) is 18.0. The molecule has 1 unspecified atom stereocenters. The molecule has 0 spiro atoms. The van der Waals surface area contributed by atoms with Crippen molar-refractivity contribution in [3.05, 3.63) is 83.7 Å². The fourth-order valence-electron chi connectivity index (χ4n) is 4.15. The van der Waals surface area contributed by atoms with Crippen LogP contribution in [0.15, 0.2) is 67.0 Å². The highest BCUT2D eigenvalue weighted by Gasteiger charge is 2.22. The second-order valence-electron chi connectivity index (χ2n) is 8.73. The van der Waals surface area contributed by atoms with Gasteiger partial charge in [0, 0.05) is 50.7 Å². The normalized spacial score (nSPS) is 15.7. The largest absolute Gasteiger partial charge is 0.497 e. The molecule has 0 aliphatic carbocycles. The third-order valence-electron chi connectivity index (χ3n) is 6.21. The summed E-state index contributed by atoms with van der Waals surface area (Å²) in [5.41, 5.74) is 4.79. The Hall–Kier alpha value is -3.22. The molecule has 1 aliphatic heterocycles. The molecule has 172 valence electrons. The average Bonchev–Trinajstić information content (AvgIpc) is 2.85. The van der Waals surface area contributed by atoms with Gasteiger partial charge in [0.1, 0.15) is 5.75 Å². The number of carbonyl (C=O) groups is 1. The molecule has 6 heteroatoms. The number of nitrogens with zero attached hydrogens (tertiary/aromatic N) is 3. The Morgan fingerprint density at radius 1 is 1.03 bits per heavy atom. The second kappa shape index (κ2) is 10.6. The molecule has 6 nitrogen and oxygen atoms in total. The summed E-state index contributed by atoms with van der Waals surface area (Å²) in [7, 11) is 3.81. The van der Waals surface area contributed by atoms with E-state index in [1.165, 1.54) is 5.56 Å². The van der Waals surface area contributed by atoms with Crippen molar-refractivity contribution in [2.24, 2.45) is 0 Å². The molecule has 0 radical (unpaired) electrons. The zero-order valence-corrected chi connectivity index (χ0v) is 19.6.